The van der Waals surface area contributed by atoms with Crippen LogP contribution in [0.4, 0.5) is 0 Å². The maximum absolute atomic E-state index is 12.4. The van der Waals surface area contributed by atoms with Crippen LogP contribution in [0.25, 0.3) is 0 Å². The van der Waals surface area contributed by atoms with Gasteiger partial charge in [-0.2, -0.15) is 0 Å². The van der Waals surface area contributed by atoms with Crippen LogP contribution in [0.1, 0.15) is 53.4 Å². The van der Waals surface area contributed by atoms with Crippen molar-refractivity contribution < 1.29 is 9.53 Å². The van der Waals surface area contributed by atoms with Gasteiger partial charge in [-0.15, -0.1) is 0 Å². The van der Waals surface area contributed by atoms with Crippen LogP contribution in [-0.2, 0) is 0 Å². The topological polar surface area (TPSA) is 38.3 Å². The van der Waals surface area contributed by atoms with E-state index in [-0.39, 0.29) is 11.9 Å². The van der Waals surface area contributed by atoms with E-state index in [1.165, 1.54) is 11.1 Å². The number of rotatable bonds is 6. The van der Waals surface area contributed by atoms with E-state index in [0.29, 0.717) is 12.2 Å². The van der Waals surface area contributed by atoms with E-state index in [1.54, 1.807) is 12.1 Å². The van der Waals surface area contributed by atoms with Gasteiger partial charge >= 0.3 is 0 Å². The molecule has 0 fully saturated rings. The Morgan fingerprint density at radius 1 is 1.09 bits per heavy atom. The molecule has 0 saturated carbocycles. The smallest absolute Gasteiger partial charge is 0.251 e. The fourth-order valence-corrected chi connectivity index (χ4v) is 2.32. The molecule has 1 N–H and O–H groups in total. The average Bonchev–Trinajstić information content (AvgIpc) is 2.55. The van der Waals surface area contributed by atoms with Gasteiger partial charge in [0.2, 0.25) is 0 Å². The molecule has 0 heterocycles. The van der Waals surface area contributed by atoms with E-state index in [0.717, 1.165) is 17.7 Å². The first kappa shape index (κ1) is 17.1. The third-order valence-electron chi connectivity index (χ3n) is 3.97. The molecule has 23 heavy (non-hydrogen) atoms. The standard InChI is InChI=1S/C20H25NO2/c1-5-12-23-19-10-8-17(9-11-19)20(22)21-16(4)18-7-6-14(2)15(3)13-18/h6-11,13,16H,5,12H2,1-4H3,(H,21,22). The summed E-state index contributed by atoms with van der Waals surface area (Å²) in [5, 5.41) is 3.04. The molecule has 0 aliphatic heterocycles. The van der Waals surface area contributed by atoms with Crippen LogP contribution in [0.15, 0.2) is 42.5 Å². The van der Waals surface area contributed by atoms with Crippen LogP contribution in [0.3, 0.4) is 0 Å². The van der Waals surface area contributed by atoms with Gasteiger partial charge < -0.3 is 10.1 Å². The molecule has 1 unspecified atom stereocenters. The van der Waals surface area contributed by atoms with E-state index in [1.807, 2.05) is 19.1 Å². The van der Waals surface area contributed by atoms with Gasteiger partial charge in [-0.25, -0.2) is 0 Å². The molecule has 0 spiro atoms. The zero-order chi connectivity index (χ0) is 16.8. The fraction of sp³-hybridized carbons (Fsp3) is 0.350. The summed E-state index contributed by atoms with van der Waals surface area (Å²) in [6, 6.07) is 13.5. The van der Waals surface area contributed by atoms with Crippen molar-refractivity contribution in [3.05, 3.63) is 64.7 Å². The van der Waals surface area contributed by atoms with Gasteiger partial charge in [-0.3, -0.25) is 4.79 Å². The second-order valence-corrected chi connectivity index (χ2v) is 5.91. The summed E-state index contributed by atoms with van der Waals surface area (Å²) in [4.78, 5) is 12.4. The van der Waals surface area contributed by atoms with Crippen molar-refractivity contribution in [3.8, 4) is 5.75 Å². The highest BCUT2D eigenvalue weighted by Crippen LogP contribution is 2.18. The molecule has 3 heteroatoms. The van der Waals surface area contributed by atoms with Crippen LogP contribution < -0.4 is 10.1 Å². The van der Waals surface area contributed by atoms with Crippen molar-refractivity contribution in [3.63, 3.8) is 0 Å². The molecule has 2 aromatic rings. The third-order valence-corrected chi connectivity index (χ3v) is 3.97. The normalized spacial score (nSPS) is 11.8. The van der Waals surface area contributed by atoms with Crippen molar-refractivity contribution in [2.45, 2.75) is 40.2 Å². The van der Waals surface area contributed by atoms with Crippen molar-refractivity contribution >= 4 is 5.91 Å². The summed E-state index contributed by atoms with van der Waals surface area (Å²) in [6.07, 6.45) is 0.968. The van der Waals surface area contributed by atoms with Gasteiger partial charge in [0.05, 0.1) is 12.6 Å². The van der Waals surface area contributed by atoms with Gasteiger partial charge in [0, 0.05) is 5.56 Å². The second-order valence-electron chi connectivity index (χ2n) is 5.91. The Bertz CT molecular complexity index is 662. The van der Waals surface area contributed by atoms with Crippen molar-refractivity contribution in [2.24, 2.45) is 0 Å². The summed E-state index contributed by atoms with van der Waals surface area (Å²) in [5.41, 5.74) is 4.25. The molecule has 0 aliphatic rings. The first-order valence-corrected chi connectivity index (χ1v) is 8.12. The Hall–Kier alpha value is -2.29. The fourth-order valence-electron chi connectivity index (χ4n) is 2.32. The van der Waals surface area contributed by atoms with Crippen LogP contribution in [0.2, 0.25) is 0 Å². The second kappa shape index (κ2) is 7.82. The minimum atomic E-state index is -0.0715. The molecule has 2 rings (SSSR count). The number of ether oxygens (including phenoxy) is 1. The summed E-state index contributed by atoms with van der Waals surface area (Å²) < 4.78 is 5.53. The molecular weight excluding hydrogens is 286 g/mol. The lowest BCUT2D eigenvalue weighted by Crippen LogP contribution is -2.26. The number of aryl methyl sites for hydroxylation is 2. The number of hydrogen-bond donors (Lipinski definition) is 1. The lowest BCUT2D eigenvalue weighted by molar-refractivity contribution is 0.0940. The van der Waals surface area contributed by atoms with Gasteiger partial charge in [-0.1, -0.05) is 25.1 Å². The zero-order valence-corrected chi connectivity index (χ0v) is 14.3. The molecule has 0 radical (unpaired) electrons. The van der Waals surface area contributed by atoms with Gasteiger partial charge in [0.1, 0.15) is 5.75 Å². The summed E-state index contributed by atoms with van der Waals surface area (Å²) in [5.74, 6) is 0.725. The molecule has 1 atom stereocenters. The van der Waals surface area contributed by atoms with Crippen LogP contribution in [0, 0.1) is 13.8 Å². The van der Waals surface area contributed by atoms with Crippen molar-refractivity contribution in [2.75, 3.05) is 6.61 Å². The molecular formula is C20H25NO2. The van der Waals surface area contributed by atoms with E-state index in [4.69, 9.17) is 4.74 Å². The molecule has 2 aromatic carbocycles. The maximum Gasteiger partial charge on any atom is 0.251 e. The Balaban J connectivity index is 2.01. The Labute approximate surface area is 138 Å². The Kier molecular flexibility index (Phi) is 5.80. The van der Waals surface area contributed by atoms with Crippen LogP contribution in [-0.4, -0.2) is 12.5 Å². The highest BCUT2D eigenvalue weighted by Gasteiger charge is 2.12. The van der Waals surface area contributed by atoms with Crippen molar-refractivity contribution in [1.29, 1.82) is 0 Å². The van der Waals surface area contributed by atoms with Gasteiger partial charge in [0.15, 0.2) is 0 Å². The van der Waals surface area contributed by atoms with E-state index >= 15 is 0 Å². The molecule has 0 aromatic heterocycles. The van der Waals surface area contributed by atoms with Crippen LogP contribution >= 0.6 is 0 Å². The number of amides is 1. The lowest BCUT2D eigenvalue weighted by Gasteiger charge is -2.16. The summed E-state index contributed by atoms with van der Waals surface area (Å²) in [6.45, 7) is 8.93. The van der Waals surface area contributed by atoms with E-state index in [2.05, 4.69) is 44.3 Å². The SMILES string of the molecule is CCCOc1ccc(C(=O)NC(C)c2ccc(C)c(C)c2)cc1. The predicted molar refractivity (Wildman–Crippen MR) is 94.0 cm³/mol. The molecule has 0 saturated heterocycles. The quantitative estimate of drug-likeness (QED) is 0.847. The number of benzene rings is 2. The number of carbonyl (C=O) groups is 1. The summed E-state index contributed by atoms with van der Waals surface area (Å²) >= 11 is 0. The van der Waals surface area contributed by atoms with Gasteiger partial charge in [-0.05, 0) is 68.1 Å². The number of carbonyl (C=O) groups excluding carboxylic acids is 1. The number of hydrogen-bond acceptors (Lipinski definition) is 2. The molecule has 0 aliphatic carbocycles. The lowest BCUT2D eigenvalue weighted by atomic mass is 10.0. The first-order valence-electron chi connectivity index (χ1n) is 8.12. The highest BCUT2D eigenvalue weighted by atomic mass is 16.5. The molecule has 1 amide bonds. The monoisotopic (exact) mass is 311 g/mol. The largest absolute Gasteiger partial charge is 0.494 e. The van der Waals surface area contributed by atoms with Crippen LogP contribution in [0.5, 0.6) is 5.75 Å². The Morgan fingerprint density at radius 3 is 2.39 bits per heavy atom. The predicted octanol–water partition coefficient (Wildman–Crippen LogP) is 4.58. The molecule has 0 bridgehead atoms. The highest BCUT2D eigenvalue weighted by molar-refractivity contribution is 5.94. The average molecular weight is 311 g/mol. The summed E-state index contributed by atoms with van der Waals surface area (Å²) in [7, 11) is 0. The van der Waals surface area contributed by atoms with Crippen molar-refractivity contribution in [1.82, 2.24) is 5.32 Å². The molecule has 3 nitrogen and oxygen atoms in total. The maximum atomic E-state index is 12.4. The zero-order valence-electron chi connectivity index (χ0n) is 14.3. The molecule has 122 valence electrons. The van der Waals surface area contributed by atoms with E-state index in [9.17, 15) is 4.79 Å². The number of nitrogens with one attached hydrogen (secondary N) is 1. The Morgan fingerprint density at radius 2 is 1.78 bits per heavy atom. The first-order chi connectivity index (χ1) is 11.0. The third kappa shape index (κ3) is 4.59. The van der Waals surface area contributed by atoms with Gasteiger partial charge in [0.25, 0.3) is 5.91 Å². The minimum Gasteiger partial charge on any atom is -0.494 e. The minimum absolute atomic E-state index is 0.0298. The van der Waals surface area contributed by atoms with E-state index < -0.39 is 0 Å².